The predicted molar refractivity (Wildman–Crippen MR) is 92.2 cm³/mol. The van der Waals surface area contributed by atoms with Crippen LogP contribution in [0.4, 0.5) is 13.2 Å². The molecule has 0 bridgehead atoms. The summed E-state index contributed by atoms with van der Waals surface area (Å²) in [5, 5.41) is 9.08. The Balaban J connectivity index is 2.05. The van der Waals surface area contributed by atoms with E-state index in [1.54, 1.807) is 13.2 Å². The summed E-state index contributed by atoms with van der Waals surface area (Å²) in [7, 11) is 2.90. The van der Waals surface area contributed by atoms with Gasteiger partial charge in [0, 0.05) is 42.9 Å². The maximum atomic E-state index is 14.1. The van der Waals surface area contributed by atoms with Crippen LogP contribution in [0.1, 0.15) is 34.7 Å². The van der Waals surface area contributed by atoms with E-state index in [2.05, 4.69) is 15.3 Å². The van der Waals surface area contributed by atoms with Crippen LogP contribution in [0.2, 0.25) is 0 Å². The molecule has 1 unspecified atom stereocenters. The highest BCUT2D eigenvalue weighted by molar-refractivity contribution is 5.71. The van der Waals surface area contributed by atoms with Gasteiger partial charge in [-0.1, -0.05) is 0 Å². The molecule has 2 heterocycles. The highest BCUT2D eigenvalue weighted by atomic mass is 19.2. The Morgan fingerprint density at radius 2 is 1.93 bits per heavy atom. The molecule has 0 saturated heterocycles. The molecule has 3 aromatic rings. The van der Waals surface area contributed by atoms with Crippen LogP contribution in [-0.4, -0.2) is 33.1 Å². The van der Waals surface area contributed by atoms with Gasteiger partial charge in [0.25, 0.3) is 5.56 Å². The average Bonchev–Trinajstić information content (AvgIpc) is 3.23. The predicted octanol–water partition coefficient (Wildman–Crippen LogP) is 2.14. The summed E-state index contributed by atoms with van der Waals surface area (Å²) in [6.45, 7) is 0. The first-order valence-corrected chi connectivity index (χ1v) is 8.28. The molecule has 3 rings (SSSR count). The second-order valence-electron chi connectivity index (χ2n) is 6.29. The monoisotopic (exact) mass is 394 g/mol. The second-order valence-corrected chi connectivity index (χ2v) is 6.29. The first kappa shape index (κ1) is 19.5. The zero-order valence-corrected chi connectivity index (χ0v) is 15.1. The number of aromatic amines is 2. The zero-order chi connectivity index (χ0) is 20.4. The van der Waals surface area contributed by atoms with Crippen molar-refractivity contribution >= 4 is 5.97 Å². The first-order valence-electron chi connectivity index (χ1n) is 8.28. The van der Waals surface area contributed by atoms with Crippen LogP contribution < -0.4 is 5.56 Å². The molecule has 1 aromatic carbocycles. The van der Waals surface area contributed by atoms with Gasteiger partial charge in [-0.2, -0.15) is 5.10 Å². The molecule has 2 N–H and O–H groups in total. The van der Waals surface area contributed by atoms with E-state index >= 15 is 0 Å². The van der Waals surface area contributed by atoms with Gasteiger partial charge in [-0.3, -0.25) is 19.4 Å². The molecule has 1 atom stereocenters. The number of rotatable bonds is 6. The molecule has 0 radical (unpaired) electrons. The number of hydrogen-bond acceptors (Lipinski definition) is 4. The standard InChI is InChI=1S/C18H17F3N4O3/c1-25-8-10(7-22-25)11(5-16(26)28-2)17-15(23-24-18(17)27)4-9-3-13(20)14(21)6-12(9)19/h3,6-8,11H,4-5H2,1-2H3,(H2,23,24,27). The summed E-state index contributed by atoms with van der Waals surface area (Å²) in [4.78, 5) is 24.3. The van der Waals surface area contributed by atoms with Gasteiger partial charge >= 0.3 is 5.97 Å². The molecule has 0 aliphatic carbocycles. The number of nitrogens with zero attached hydrogens (tertiary/aromatic N) is 2. The number of aryl methyl sites for hydroxylation is 1. The number of halogens is 3. The van der Waals surface area contributed by atoms with Crippen molar-refractivity contribution in [2.75, 3.05) is 7.11 Å². The number of aromatic nitrogens is 4. The van der Waals surface area contributed by atoms with E-state index < -0.39 is 34.9 Å². The molecule has 0 aliphatic rings. The summed E-state index contributed by atoms with van der Waals surface area (Å²) in [6.07, 6.45) is 2.77. The summed E-state index contributed by atoms with van der Waals surface area (Å²) in [5.41, 5.74) is 0.328. The minimum absolute atomic E-state index is 0.140. The van der Waals surface area contributed by atoms with Crippen LogP contribution in [0.15, 0.2) is 29.3 Å². The Labute approximate surface area is 157 Å². The Kier molecular flexibility index (Phi) is 5.39. The highest BCUT2D eigenvalue weighted by Crippen LogP contribution is 2.29. The first-order chi connectivity index (χ1) is 13.3. The third-order valence-electron chi connectivity index (χ3n) is 4.43. The molecule has 148 valence electrons. The largest absolute Gasteiger partial charge is 0.469 e. The third-order valence-corrected chi connectivity index (χ3v) is 4.43. The van der Waals surface area contributed by atoms with E-state index in [4.69, 9.17) is 4.74 Å². The Hall–Kier alpha value is -3.30. The topological polar surface area (TPSA) is 92.8 Å². The Morgan fingerprint density at radius 1 is 1.21 bits per heavy atom. The second kappa shape index (κ2) is 7.75. The van der Waals surface area contributed by atoms with Crippen molar-refractivity contribution in [2.24, 2.45) is 7.05 Å². The smallest absolute Gasteiger partial charge is 0.306 e. The van der Waals surface area contributed by atoms with Crippen LogP contribution in [-0.2, 0) is 23.0 Å². The van der Waals surface area contributed by atoms with Crippen molar-refractivity contribution in [1.29, 1.82) is 0 Å². The Bertz CT molecular complexity index is 1070. The lowest BCUT2D eigenvalue weighted by atomic mass is 9.89. The molecular weight excluding hydrogens is 377 g/mol. The number of nitrogens with one attached hydrogen (secondary N) is 2. The van der Waals surface area contributed by atoms with Crippen molar-refractivity contribution in [1.82, 2.24) is 20.0 Å². The number of benzene rings is 1. The molecule has 0 amide bonds. The molecular formula is C18H17F3N4O3. The van der Waals surface area contributed by atoms with E-state index in [1.165, 1.54) is 18.0 Å². The van der Waals surface area contributed by atoms with E-state index in [1.807, 2.05) is 0 Å². The number of hydrogen-bond donors (Lipinski definition) is 2. The van der Waals surface area contributed by atoms with Crippen molar-refractivity contribution in [2.45, 2.75) is 18.8 Å². The molecule has 0 spiro atoms. The van der Waals surface area contributed by atoms with Gasteiger partial charge in [-0.05, 0) is 17.2 Å². The lowest BCUT2D eigenvalue weighted by Gasteiger charge is -2.14. The number of carbonyl (C=O) groups excluding carboxylic acids is 1. The van der Waals surface area contributed by atoms with Gasteiger partial charge in [0.15, 0.2) is 11.6 Å². The number of ether oxygens (including phenoxy) is 1. The van der Waals surface area contributed by atoms with E-state index in [9.17, 15) is 22.8 Å². The minimum Gasteiger partial charge on any atom is -0.469 e. The third kappa shape index (κ3) is 3.85. The van der Waals surface area contributed by atoms with Crippen molar-refractivity contribution < 1.29 is 22.7 Å². The van der Waals surface area contributed by atoms with Gasteiger partial charge in [-0.25, -0.2) is 13.2 Å². The number of esters is 1. The lowest BCUT2D eigenvalue weighted by Crippen LogP contribution is -2.18. The zero-order valence-electron chi connectivity index (χ0n) is 15.1. The number of H-pyrrole nitrogens is 2. The Morgan fingerprint density at radius 3 is 2.57 bits per heavy atom. The quantitative estimate of drug-likeness (QED) is 0.495. The van der Waals surface area contributed by atoms with Gasteiger partial charge in [0.2, 0.25) is 0 Å². The summed E-state index contributed by atoms with van der Waals surface area (Å²) in [5.74, 6) is -4.73. The van der Waals surface area contributed by atoms with Crippen LogP contribution in [0.3, 0.4) is 0 Å². The fraction of sp³-hybridized carbons (Fsp3) is 0.278. The van der Waals surface area contributed by atoms with Gasteiger partial charge in [-0.15, -0.1) is 0 Å². The SMILES string of the molecule is COC(=O)CC(c1cnn(C)c1)c1c(Cc2cc(F)c(F)cc2F)[nH][nH]c1=O. The normalized spacial score (nSPS) is 12.2. The summed E-state index contributed by atoms with van der Waals surface area (Å²) < 4.78 is 47.0. The molecule has 0 fully saturated rings. The van der Waals surface area contributed by atoms with Gasteiger partial charge < -0.3 is 9.84 Å². The van der Waals surface area contributed by atoms with Crippen LogP contribution >= 0.6 is 0 Å². The van der Waals surface area contributed by atoms with Crippen LogP contribution in [0.25, 0.3) is 0 Å². The molecule has 28 heavy (non-hydrogen) atoms. The van der Waals surface area contributed by atoms with Crippen molar-refractivity contribution in [3.8, 4) is 0 Å². The van der Waals surface area contributed by atoms with E-state index in [-0.39, 0.29) is 29.7 Å². The van der Waals surface area contributed by atoms with Gasteiger partial charge in [0.05, 0.1) is 19.7 Å². The molecule has 10 heteroatoms. The number of methoxy groups -OCH3 is 1. The molecule has 2 aromatic heterocycles. The summed E-state index contributed by atoms with van der Waals surface area (Å²) in [6, 6.07) is 1.18. The van der Waals surface area contributed by atoms with Crippen LogP contribution in [0, 0.1) is 17.5 Å². The minimum atomic E-state index is -1.30. The van der Waals surface area contributed by atoms with Crippen molar-refractivity contribution in [3.63, 3.8) is 0 Å². The highest BCUT2D eigenvalue weighted by Gasteiger charge is 2.27. The fourth-order valence-corrected chi connectivity index (χ4v) is 3.06. The fourth-order valence-electron chi connectivity index (χ4n) is 3.06. The van der Waals surface area contributed by atoms with E-state index in [0.29, 0.717) is 11.6 Å². The molecule has 0 saturated carbocycles. The average molecular weight is 394 g/mol. The van der Waals surface area contributed by atoms with Crippen molar-refractivity contribution in [3.05, 3.63) is 74.7 Å². The van der Waals surface area contributed by atoms with E-state index in [0.717, 1.165) is 6.07 Å². The molecule has 0 aliphatic heterocycles. The maximum absolute atomic E-state index is 14.1. The summed E-state index contributed by atoms with van der Waals surface area (Å²) >= 11 is 0. The van der Waals surface area contributed by atoms with Gasteiger partial charge in [0.1, 0.15) is 5.82 Å². The molecule has 7 nitrogen and oxygen atoms in total. The maximum Gasteiger partial charge on any atom is 0.306 e. The number of carbonyl (C=O) groups is 1. The van der Waals surface area contributed by atoms with Crippen LogP contribution in [0.5, 0.6) is 0 Å². The lowest BCUT2D eigenvalue weighted by molar-refractivity contribution is -0.140.